The highest BCUT2D eigenvalue weighted by molar-refractivity contribution is 6.01. The lowest BCUT2D eigenvalue weighted by Crippen LogP contribution is -2.42. The molecular formula is C29H32FNO5. The van der Waals surface area contributed by atoms with Crippen LogP contribution in [0, 0.1) is 18.7 Å². The molecule has 6 nitrogen and oxygen atoms in total. The van der Waals surface area contributed by atoms with Gasteiger partial charge in [0.25, 0.3) is 0 Å². The van der Waals surface area contributed by atoms with Crippen LogP contribution >= 0.6 is 0 Å². The molecule has 1 amide bonds. The van der Waals surface area contributed by atoms with Crippen LogP contribution < -0.4 is 4.74 Å². The number of furan rings is 1. The summed E-state index contributed by atoms with van der Waals surface area (Å²) in [6.45, 7) is 9.25. The van der Waals surface area contributed by atoms with Crippen LogP contribution in [0.15, 0.2) is 47.1 Å². The molecule has 7 heteroatoms. The molecule has 0 radical (unpaired) electrons. The molecule has 0 N–H and O–H groups in total. The molecule has 1 aliphatic heterocycles. The molecule has 1 atom stereocenters. The van der Waals surface area contributed by atoms with Gasteiger partial charge in [-0.25, -0.2) is 4.39 Å². The van der Waals surface area contributed by atoms with Crippen LogP contribution in [0.4, 0.5) is 4.39 Å². The SMILES string of the molecule is CCOC(=O)C1CCCN(C(=O)/C=C(\C)c2cc3c(-c4ccc(F)cc4)coc3c(C)c2OCC)C1. The summed E-state index contributed by atoms with van der Waals surface area (Å²) in [6.07, 6.45) is 4.75. The Hall–Kier alpha value is -3.61. The van der Waals surface area contributed by atoms with E-state index in [9.17, 15) is 14.0 Å². The van der Waals surface area contributed by atoms with Crippen LogP contribution in [0.3, 0.4) is 0 Å². The lowest BCUT2D eigenvalue weighted by molar-refractivity contribution is -0.150. The standard InChI is InChI=1S/C29H32FNO5/c1-5-34-27-19(4)28-24(25(17-36-28)20-9-11-22(30)12-10-20)15-23(27)18(3)14-26(32)31-13-7-8-21(16-31)29(33)35-6-2/h9-12,14-15,17,21H,5-8,13,16H2,1-4H3/b18-14+. The first-order valence-corrected chi connectivity index (χ1v) is 12.4. The molecule has 2 heterocycles. The van der Waals surface area contributed by atoms with Crippen LogP contribution in [-0.2, 0) is 14.3 Å². The van der Waals surface area contributed by atoms with E-state index in [4.69, 9.17) is 13.9 Å². The van der Waals surface area contributed by atoms with Crippen molar-refractivity contribution in [3.05, 3.63) is 59.6 Å². The van der Waals surface area contributed by atoms with Crippen molar-refractivity contribution >= 4 is 28.4 Å². The van der Waals surface area contributed by atoms with E-state index in [1.54, 1.807) is 36.3 Å². The Labute approximate surface area is 210 Å². The number of piperidine rings is 1. The Morgan fingerprint density at radius 1 is 1.19 bits per heavy atom. The molecule has 4 rings (SSSR count). The Balaban J connectivity index is 1.70. The minimum absolute atomic E-state index is 0.146. The van der Waals surface area contributed by atoms with Crippen LogP contribution in [0.5, 0.6) is 5.75 Å². The largest absolute Gasteiger partial charge is 0.493 e. The fourth-order valence-corrected chi connectivity index (χ4v) is 4.78. The topological polar surface area (TPSA) is 69.0 Å². The highest BCUT2D eigenvalue weighted by atomic mass is 19.1. The van der Waals surface area contributed by atoms with E-state index in [0.717, 1.165) is 46.1 Å². The van der Waals surface area contributed by atoms with Gasteiger partial charge in [-0.15, -0.1) is 0 Å². The van der Waals surface area contributed by atoms with E-state index in [2.05, 4.69) is 0 Å². The Kier molecular flexibility index (Phi) is 7.77. The van der Waals surface area contributed by atoms with Crippen LogP contribution in [0.1, 0.15) is 44.7 Å². The number of fused-ring (bicyclic) bond motifs is 1. The van der Waals surface area contributed by atoms with Gasteiger partial charge in [0, 0.05) is 41.2 Å². The predicted molar refractivity (Wildman–Crippen MR) is 137 cm³/mol. The number of hydrogen-bond donors (Lipinski definition) is 0. The van der Waals surface area contributed by atoms with Crippen molar-refractivity contribution in [2.24, 2.45) is 5.92 Å². The van der Waals surface area contributed by atoms with Gasteiger partial charge in [0.05, 0.1) is 25.4 Å². The first-order chi connectivity index (χ1) is 17.3. The highest BCUT2D eigenvalue weighted by Gasteiger charge is 2.29. The van der Waals surface area contributed by atoms with Crippen molar-refractivity contribution in [2.75, 3.05) is 26.3 Å². The maximum absolute atomic E-state index is 13.5. The zero-order chi connectivity index (χ0) is 25.8. The maximum Gasteiger partial charge on any atom is 0.310 e. The number of ether oxygens (including phenoxy) is 2. The van der Waals surface area contributed by atoms with Gasteiger partial charge >= 0.3 is 5.97 Å². The summed E-state index contributed by atoms with van der Waals surface area (Å²) in [5.41, 5.74) is 4.73. The molecule has 2 aromatic carbocycles. The van der Waals surface area contributed by atoms with Crippen LogP contribution in [-0.4, -0.2) is 43.1 Å². The third-order valence-corrected chi connectivity index (χ3v) is 6.61. The fourth-order valence-electron chi connectivity index (χ4n) is 4.78. The molecule has 1 saturated heterocycles. The molecule has 1 aliphatic rings. The van der Waals surface area contributed by atoms with Gasteiger partial charge < -0.3 is 18.8 Å². The number of hydrogen-bond acceptors (Lipinski definition) is 5. The Morgan fingerprint density at radius 3 is 2.64 bits per heavy atom. The molecule has 3 aromatic rings. The van der Waals surface area contributed by atoms with Crippen molar-refractivity contribution in [2.45, 2.75) is 40.5 Å². The fraction of sp³-hybridized carbons (Fsp3) is 0.379. The van der Waals surface area contributed by atoms with Gasteiger partial charge in [0.1, 0.15) is 17.1 Å². The maximum atomic E-state index is 13.5. The molecule has 1 unspecified atom stereocenters. The van der Waals surface area contributed by atoms with E-state index in [-0.39, 0.29) is 23.6 Å². The summed E-state index contributed by atoms with van der Waals surface area (Å²) < 4.78 is 30.5. The van der Waals surface area contributed by atoms with Gasteiger partial charge in [-0.2, -0.15) is 0 Å². The smallest absolute Gasteiger partial charge is 0.310 e. The van der Waals surface area contributed by atoms with Gasteiger partial charge in [0.15, 0.2) is 0 Å². The monoisotopic (exact) mass is 493 g/mol. The summed E-state index contributed by atoms with van der Waals surface area (Å²) in [7, 11) is 0. The summed E-state index contributed by atoms with van der Waals surface area (Å²) in [5.74, 6) is -0.327. The number of carbonyl (C=O) groups is 2. The molecule has 190 valence electrons. The summed E-state index contributed by atoms with van der Waals surface area (Å²) in [5, 5.41) is 0.859. The molecule has 1 fully saturated rings. The zero-order valence-electron chi connectivity index (χ0n) is 21.2. The van der Waals surface area contributed by atoms with Crippen molar-refractivity contribution in [1.29, 1.82) is 0 Å². The van der Waals surface area contributed by atoms with E-state index in [0.29, 0.717) is 37.6 Å². The second-order valence-corrected chi connectivity index (χ2v) is 9.05. The zero-order valence-corrected chi connectivity index (χ0v) is 21.2. The molecule has 1 aromatic heterocycles. The third-order valence-electron chi connectivity index (χ3n) is 6.61. The number of esters is 1. The van der Waals surface area contributed by atoms with E-state index in [1.807, 2.05) is 26.8 Å². The lowest BCUT2D eigenvalue weighted by Gasteiger charge is -2.31. The highest BCUT2D eigenvalue weighted by Crippen LogP contribution is 2.41. The second kappa shape index (κ2) is 11.0. The number of carbonyl (C=O) groups excluding carboxylic acids is 2. The minimum atomic E-state index is -0.303. The molecule has 0 bridgehead atoms. The van der Waals surface area contributed by atoms with E-state index in [1.165, 1.54) is 12.1 Å². The minimum Gasteiger partial charge on any atom is -0.493 e. The van der Waals surface area contributed by atoms with Gasteiger partial charge in [-0.05, 0) is 69.9 Å². The number of likely N-dealkylation sites (tertiary alicyclic amines) is 1. The number of rotatable bonds is 7. The number of nitrogens with zero attached hydrogens (tertiary/aromatic N) is 1. The first kappa shape index (κ1) is 25.5. The molecule has 0 spiro atoms. The second-order valence-electron chi connectivity index (χ2n) is 9.05. The van der Waals surface area contributed by atoms with Gasteiger partial charge in [-0.1, -0.05) is 12.1 Å². The number of aryl methyl sites for hydroxylation is 1. The molecule has 0 aliphatic carbocycles. The third kappa shape index (κ3) is 5.15. The van der Waals surface area contributed by atoms with E-state index < -0.39 is 0 Å². The summed E-state index contributed by atoms with van der Waals surface area (Å²) >= 11 is 0. The molecular weight excluding hydrogens is 461 g/mol. The number of amides is 1. The Bertz CT molecular complexity index is 1290. The van der Waals surface area contributed by atoms with Crippen molar-refractivity contribution in [3.8, 4) is 16.9 Å². The summed E-state index contributed by atoms with van der Waals surface area (Å²) in [6, 6.07) is 8.23. The first-order valence-electron chi connectivity index (χ1n) is 12.4. The van der Waals surface area contributed by atoms with Crippen molar-refractivity contribution in [3.63, 3.8) is 0 Å². The number of allylic oxidation sites excluding steroid dienone is 1. The van der Waals surface area contributed by atoms with Gasteiger partial charge in [-0.3, -0.25) is 9.59 Å². The normalized spacial score (nSPS) is 16.3. The predicted octanol–water partition coefficient (Wildman–Crippen LogP) is 6.15. The summed E-state index contributed by atoms with van der Waals surface area (Å²) in [4.78, 5) is 27.1. The molecule has 36 heavy (non-hydrogen) atoms. The quantitative estimate of drug-likeness (QED) is 0.292. The molecule has 0 saturated carbocycles. The number of halogens is 1. The Morgan fingerprint density at radius 2 is 1.94 bits per heavy atom. The van der Waals surface area contributed by atoms with Crippen LogP contribution in [0.2, 0.25) is 0 Å². The van der Waals surface area contributed by atoms with E-state index >= 15 is 0 Å². The average Bonchev–Trinajstić information content (AvgIpc) is 3.30. The lowest BCUT2D eigenvalue weighted by atomic mass is 9.95. The van der Waals surface area contributed by atoms with Crippen LogP contribution in [0.25, 0.3) is 27.7 Å². The van der Waals surface area contributed by atoms with Crippen molar-refractivity contribution < 1.29 is 27.9 Å². The van der Waals surface area contributed by atoms with Gasteiger partial charge in [0.2, 0.25) is 5.91 Å². The van der Waals surface area contributed by atoms with Crippen molar-refractivity contribution in [1.82, 2.24) is 4.90 Å². The number of benzene rings is 2. The average molecular weight is 494 g/mol.